The zero-order chi connectivity index (χ0) is 27.3. The van der Waals surface area contributed by atoms with Crippen molar-refractivity contribution in [2.24, 2.45) is 0 Å². The smallest absolute Gasteiger partial charge is 0.475 e. The fraction of sp³-hybridized carbons (Fsp3) is 0.640. The standard InChI is InChI=1S/C23H35N5O2.C2HF3O2/c1-17-5-4-12-28(17)22-11-13-26(16-22)20-8-6-19(7-9-20)24-23(30)27-14-10-21(15-27)25(3)18(2)29;3-2(4,5)1(6)7/h6-9,17,21-22H,4-5,10-16H2,1-3H3,(H,24,30);(H,6,7). The Labute approximate surface area is 215 Å². The highest BCUT2D eigenvalue weighted by Gasteiger charge is 2.38. The molecule has 0 saturated carbocycles. The molecule has 12 heteroatoms. The topological polar surface area (TPSA) is 96.4 Å². The largest absolute Gasteiger partial charge is 0.490 e. The first-order chi connectivity index (χ1) is 17.4. The molecule has 1 aromatic rings. The van der Waals surface area contributed by atoms with Gasteiger partial charge in [-0.2, -0.15) is 13.2 Å². The number of hydrogen-bond acceptors (Lipinski definition) is 5. The molecule has 3 aliphatic rings. The van der Waals surface area contributed by atoms with Crippen molar-refractivity contribution in [1.29, 1.82) is 0 Å². The monoisotopic (exact) mass is 527 g/mol. The van der Waals surface area contributed by atoms with E-state index in [2.05, 4.69) is 34.2 Å². The molecule has 3 unspecified atom stereocenters. The van der Waals surface area contributed by atoms with E-state index in [-0.39, 0.29) is 18.0 Å². The number of nitrogens with one attached hydrogen (secondary N) is 1. The van der Waals surface area contributed by atoms with Gasteiger partial charge in [0.05, 0.1) is 6.04 Å². The minimum atomic E-state index is -5.08. The molecule has 0 radical (unpaired) electrons. The first-order valence-corrected chi connectivity index (χ1v) is 12.6. The number of carbonyl (C=O) groups is 3. The van der Waals surface area contributed by atoms with Crippen LogP contribution in [-0.2, 0) is 9.59 Å². The summed E-state index contributed by atoms with van der Waals surface area (Å²) >= 11 is 0. The Morgan fingerprint density at radius 3 is 2.22 bits per heavy atom. The Hall–Kier alpha value is -3.02. The first kappa shape index (κ1) is 28.5. The summed E-state index contributed by atoms with van der Waals surface area (Å²) in [7, 11) is 1.81. The zero-order valence-electron chi connectivity index (χ0n) is 21.5. The molecule has 3 atom stereocenters. The summed E-state index contributed by atoms with van der Waals surface area (Å²) < 4.78 is 31.7. The molecule has 1 aromatic carbocycles. The maximum Gasteiger partial charge on any atom is 0.490 e. The van der Waals surface area contributed by atoms with Gasteiger partial charge in [0.15, 0.2) is 0 Å². The number of carbonyl (C=O) groups excluding carboxylic acids is 2. The molecule has 206 valence electrons. The van der Waals surface area contributed by atoms with Gasteiger partial charge in [-0.15, -0.1) is 0 Å². The SMILES string of the molecule is CC(=O)N(C)C1CCN(C(=O)Nc2ccc(N3CCC(N4CCCC4C)C3)cc2)C1.O=C(O)C(F)(F)F. The van der Waals surface area contributed by atoms with Crippen LogP contribution in [0, 0.1) is 0 Å². The molecule has 0 bridgehead atoms. The van der Waals surface area contributed by atoms with Crippen LogP contribution < -0.4 is 10.2 Å². The van der Waals surface area contributed by atoms with E-state index in [4.69, 9.17) is 9.90 Å². The Balaban J connectivity index is 0.000000479. The Morgan fingerprint density at radius 2 is 1.68 bits per heavy atom. The van der Waals surface area contributed by atoms with Crippen LogP contribution in [0.3, 0.4) is 0 Å². The van der Waals surface area contributed by atoms with Crippen LogP contribution in [0.1, 0.15) is 39.5 Å². The van der Waals surface area contributed by atoms with Crippen molar-refractivity contribution in [3.63, 3.8) is 0 Å². The molecular weight excluding hydrogens is 491 g/mol. The number of urea groups is 1. The number of nitrogens with zero attached hydrogens (tertiary/aromatic N) is 4. The number of alkyl halides is 3. The first-order valence-electron chi connectivity index (χ1n) is 12.6. The highest BCUT2D eigenvalue weighted by atomic mass is 19.4. The molecule has 3 aliphatic heterocycles. The van der Waals surface area contributed by atoms with Crippen molar-refractivity contribution < 1.29 is 32.7 Å². The van der Waals surface area contributed by atoms with Crippen molar-refractivity contribution in [3.05, 3.63) is 24.3 Å². The molecule has 0 spiro atoms. The van der Waals surface area contributed by atoms with Gasteiger partial charge in [-0.25, -0.2) is 9.59 Å². The predicted octanol–water partition coefficient (Wildman–Crippen LogP) is 3.47. The van der Waals surface area contributed by atoms with Gasteiger partial charge in [0.25, 0.3) is 0 Å². The Bertz CT molecular complexity index is 959. The van der Waals surface area contributed by atoms with Crippen LogP contribution in [0.4, 0.5) is 29.3 Å². The molecule has 2 N–H and O–H groups in total. The molecule has 4 rings (SSSR count). The number of hydrogen-bond donors (Lipinski definition) is 2. The molecule has 37 heavy (non-hydrogen) atoms. The second-order valence-electron chi connectivity index (χ2n) is 9.92. The molecule has 9 nitrogen and oxygen atoms in total. The van der Waals surface area contributed by atoms with Crippen LogP contribution in [-0.4, -0.2) is 102 Å². The third kappa shape index (κ3) is 7.50. The van der Waals surface area contributed by atoms with Gasteiger partial charge < -0.3 is 25.1 Å². The van der Waals surface area contributed by atoms with Crippen LogP contribution in [0.25, 0.3) is 0 Å². The van der Waals surface area contributed by atoms with E-state index < -0.39 is 12.1 Å². The van der Waals surface area contributed by atoms with E-state index in [0.717, 1.165) is 25.2 Å². The minimum absolute atomic E-state index is 0.0428. The third-order valence-corrected chi connectivity index (χ3v) is 7.46. The number of halogens is 3. The van der Waals surface area contributed by atoms with Crippen LogP contribution in [0.2, 0.25) is 0 Å². The number of aliphatic carboxylic acids is 1. The maximum absolute atomic E-state index is 12.6. The quantitative estimate of drug-likeness (QED) is 0.623. The fourth-order valence-electron chi connectivity index (χ4n) is 5.20. The maximum atomic E-state index is 12.6. The van der Waals surface area contributed by atoms with Crippen molar-refractivity contribution >= 4 is 29.3 Å². The van der Waals surface area contributed by atoms with Gasteiger partial charge in [-0.05, 0) is 63.4 Å². The van der Waals surface area contributed by atoms with E-state index in [1.165, 1.54) is 31.5 Å². The summed E-state index contributed by atoms with van der Waals surface area (Å²) in [6.07, 6.45) is -0.371. The average molecular weight is 528 g/mol. The van der Waals surface area contributed by atoms with Gasteiger partial charge in [-0.3, -0.25) is 9.69 Å². The lowest BCUT2D eigenvalue weighted by molar-refractivity contribution is -0.192. The number of likely N-dealkylation sites (tertiary alicyclic amines) is 2. The number of likely N-dealkylation sites (N-methyl/N-ethyl adjacent to an activating group) is 1. The van der Waals surface area contributed by atoms with E-state index in [1.807, 2.05) is 12.1 Å². The van der Waals surface area contributed by atoms with Crippen LogP contribution in [0.15, 0.2) is 24.3 Å². The molecule has 3 amide bonds. The van der Waals surface area contributed by atoms with Crippen LogP contribution in [0.5, 0.6) is 0 Å². The second-order valence-corrected chi connectivity index (χ2v) is 9.92. The number of amides is 3. The lowest BCUT2D eigenvalue weighted by Gasteiger charge is -2.28. The Morgan fingerprint density at radius 1 is 1.03 bits per heavy atom. The molecule has 3 fully saturated rings. The predicted molar refractivity (Wildman–Crippen MR) is 134 cm³/mol. The zero-order valence-corrected chi connectivity index (χ0v) is 21.5. The van der Waals surface area contributed by atoms with Crippen molar-refractivity contribution in [2.45, 2.75) is 63.8 Å². The Kier molecular flexibility index (Phi) is 9.27. The number of carboxylic acid groups (broad SMARTS) is 1. The summed E-state index contributed by atoms with van der Waals surface area (Å²) in [4.78, 5) is 41.7. The number of benzene rings is 1. The van der Waals surface area contributed by atoms with E-state index in [9.17, 15) is 22.8 Å². The molecular formula is C25H36F3N5O4. The lowest BCUT2D eigenvalue weighted by atomic mass is 10.2. The van der Waals surface area contributed by atoms with Crippen molar-refractivity contribution in [2.75, 3.05) is 50.0 Å². The highest BCUT2D eigenvalue weighted by Crippen LogP contribution is 2.29. The summed E-state index contributed by atoms with van der Waals surface area (Å²) in [6.45, 7) is 8.62. The van der Waals surface area contributed by atoms with Gasteiger partial charge in [0, 0.05) is 63.6 Å². The minimum Gasteiger partial charge on any atom is -0.475 e. The summed E-state index contributed by atoms with van der Waals surface area (Å²) in [5.41, 5.74) is 2.04. The molecule has 3 saturated heterocycles. The van der Waals surface area contributed by atoms with Crippen molar-refractivity contribution in [1.82, 2.24) is 14.7 Å². The summed E-state index contributed by atoms with van der Waals surface area (Å²) in [5, 5.41) is 10.1. The second kappa shape index (κ2) is 12.0. The van der Waals surface area contributed by atoms with Crippen LogP contribution >= 0.6 is 0 Å². The van der Waals surface area contributed by atoms with Gasteiger partial charge in [0.2, 0.25) is 5.91 Å². The summed E-state index contributed by atoms with van der Waals surface area (Å²) in [6, 6.07) is 9.61. The summed E-state index contributed by atoms with van der Waals surface area (Å²) in [5.74, 6) is -2.71. The number of anilines is 2. The van der Waals surface area contributed by atoms with E-state index in [1.54, 1.807) is 23.8 Å². The van der Waals surface area contributed by atoms with Gasteiger partial charge in [-0.1, -0.05) is 0 Å². The third-order valence-electron chi connectivity index (χ3n) is 7.46. The van der Waals surface area contributed by atoms with Crippen molar-refractivity contribution in [3.8, 4) is 0 Å². The van der Waals surface area contributed by atoms with Gasteiger partial charge >= 0.3 is 18.2 Å². The van der Waals surface area contributed by atoms with E-state index >= 15 is 0 Å². The molecule has 3 heterocycles. The molecule has 0 aromatic heterocycles. The highest BCUT2D eigenvalue weighted by molar-refractivity contribution is 5.89. The normalized spacial score (nSPS) is 24.0. The number of carboxylic acids is 1. The van der Waals surface area contributed by atoms with Gasteiger partial charge in [0.1, 0.15) is 0 Å². The molecule has 0 aliphatic carbocycles. The fourth-order valence-corrected chi connectivity index (χ4v) is 5.20. The average Bonchev–Trinajstić information content (AvgIpc) is 3.59. The number of rotatable bonds is 4. The van der Waals surface area contributed by atoms with E-state index in [0.29, 0.717) is 25.2 Å². The lowest BCUT2D eigenvalue weighted by Crippen LogP contribution is -2.40.